The molecule has 0 aromatic carbocycles. The van der Waals surface area contributed by atoms with Crippen LogP contribution in [0.25, 0.3) is 21.0 Å². The van der Waals surface area contributed by atoms with Gasteiger partial charge >= 0.3 is 0 Å². The van der Waals surface area contributed by atoms with Gasteiger partial charge in [-0.1, -0.05) is 13.0 Å². The van der Waals surface area contributed by atoms with Crippen LogP contribution in [-0.4, -0.2) is 31.6 Å². The molecule has 134 valence electrons. The van der Waals surface area contributed by atoms with Crippen molar-refractivity contribution in [3.63, 3.8) is 0 Å². The minimum atomic E-state index is -0.0887. The Labute approximate surface area is 157 Å². The highest BCUT2D eigenvalue weighted by molar-refractivity contribution is 7.17. The Bertz CT molecular complexity index is 1050. The van der Waals surface area contributed by atoms with Crippen LogP contribution in [-0.2, 0) is 13.1 Å². The van der Waals surface area contributed by atoms with E-state index < -0.39 is 0 Å². The zero-order valence-corrected chi connectivity index (χ0v) is 15.8. The van der Waals surface area contributed by atoms with Gasteiger partial charge in [0, 0.05) is 0 Å². The maximum absolute atomic E-state index is 12.1. The van der Waals surface area contributed by atoms with Gasteiger partial charge in [-0.15, -0.1) is 32.9 Å². The van der Waals surface area contributed by atoms with E-state index in [0.717, 1.165) is 23.4 Å². The molecule has 7 nitrogen and oxygen atoms in total. The van der Waals surface area contributed by atoms with Crippen LogP contribution in [0.3, 0.4) is 0 Å². The lowest BCUT2D eigenvalue weighted by atomic mass is 10.3. The number of fused-ring (bicyclic) bond motifs is 1. The van der Waals surface area contributed by atoms with Gasteiger partial charge in [0.15, 0.2) is 0 Å². The van der Waals surface area contributed by atoms with Crippen LogP contribution in [0.15, 0.2) is 38.2 Å². The van der Waals surface area contributed by atoms with Gasteiger partial charge < -0.3 is 9.40 Å². The first-order chi connectivity index (χ1) is 12.7. The molecule has 0 aliphatic rings. The molecule has 4 heterocycles. The highest BCUT2D eigenvalue weighted by atomic mass is 32.1. The highest BCUT2D eigenvalue weighted by Gasteiger charge is 2.15. The molecule has 0 bridgehead atoms. The molecule has 4 rings (SSSR count). The number of hydrogen-bond acceptors (Lipinski definition) is 8. The fourth-order valence-corrected chi connectivity index (χ4v) is 4.12. The standard InChI is InChI=1S/C17H17N5O2S2/c1-2-6-22(9-13-18-11-5-8-26-15(11)16(23)19-13)10-14-20-21-17(24-14)12-4-3-7-25-12/h3-5,7-8H,2,6,9-10H2,1H3,(H,18,19,23). The van der Waals surface area contributed by atoms with Crippen LogP contribution in [0.1, 0.15) is 25.1 Å². The van der Waals surface area contributed by atoms with Crippen LogP contribution in [0, 0.1) is 0 Å². The predicted molar refractivity (Wildman–Crippen MR) is 102 cm³/mol. The Morgan fingerprint density at radius 3 is 2.92 bits per heavy atom. The van der Waals surface area contributed by atoms with Gasteiger partial charge in [-0.25, -0.2) is 4.98 Å². The van der Waals surface area contributed by atoms with Gasteiger partial charge in [0.25, 0.3) is 11.4 Å². The van der Waals surface area contributed by atoms with Crippen LogP contribution in [0.2, 0.25) is 0 Å². The Hall–Kier alpha value is -2.36. The molecule has 0 spiro atoms. The second-order valence-electron chi connectivity index (χ2n) is 5.84. The molecular formula is C17H17N5O2S2. The lowest BCUT2D eigenvalue weighted by molar-refractivity contribution is 0.226. The van der Waals surface area contributed by atoms with Crippen LogP contribution in [0.5, 0.6) is 0 Å². The number of H-pyrrole nitrogens is 1. The molecule has 0 fully saturated rings. The van der Waals surface area contributed by atoms with Crippen molar-refractivity contribution >= 4 is 32.9 Å². The molecule has 9 heteroatoms. The first-order valence-electron chi connectivity index (χ1n) is 8.28. The average Bonchev–Trinajstić information content (AvgIpc) is 3.36. The zero-order chi connectivity index (χ0) is 17.9. The normalized spacial score (nSPS) is 11.6. The van der Waals surface area contributed by atoms with E-state index in [1.54, 1.807) is 11.3 Å². The van der Waals surface area contributed by atoms with Gasteiger partial charge in [0.1, 0.15) is 10.5 Å². The second-order valence-corrected chi connectivity index (χ2v) is 7.70. The molecule has 0 saturated carbocycles. The van der Waals surface area contributed by atoms with E-state index >= 15 is 0 Å². The molecule has 0 unspecified atom stereocenters. The summed E-state index contributed by atoms with van der Waals surface area (Å²) in [4.78, 5) is 22.7. The molecule has 0 saturated heterocycles. The third-order valence-electron chi connectivity index (χ3n) is 3.83. The van der Waals surface area contributed by atoms with Gasteiger partial charge in [0.2, 0.25) is 5.89 Å². The average molecular weight is 387 g/mol. The van der Waals surface area contributed by atoms with E-state index in [-0.39, 0.29) is 5.56 Å². The van der Waals surface area contributed by atoms with Crippen molar-refractivity contribution in [2.24, 2.45) is 0 Å². The van der Waals surface area contributed by atoms with Crippen molar-refractivity contribution < 1.29 is 4.42 Å². The summed E-state index contributed by atoms with van der Waals surface area (Å²) < 4.78 is 6.44. The van der Waals surface area contributed by atoms with E-state index in [1.165, 1.54) is 11.3 Å². The summed E-state index contributed by atoms with van der Waals surface area (Å²) >= 11 is 2.97. The molecular weight excluding hydrogens is 370 g/mol. The van der Waals surface area contributed by atoms with Crippen molar-refractivity contribution in [2.45, 2.75) is 26.4 Å². The monoisotopic (exact) mass is 387 g/mol. The van der Waals surface area contributed by atoms with Gasteiger partial charge in [-0.3, -0.25) is 9.69 Å². The number of nitrogens with zero attached hydrogens (tertiary/aromatic N) is 4. The SMILES string of the molecule is CCCN(Cc1nc2ccsc2c(=O)[nH]1)Cc1nnc(-c2cccs2)o1. The van der Waals surface area contributed by atoms with Crippen LogP contribution >= 0.6 is 22.7 Å². The summed E-state index contributed by atoms with van der Waals surface area (Å²) in [7, 11) is 0. The number of aromatic nitrogens is 4. The van der Waals surface area contributed by atoms with E-state index in [4.69, 9.17) is 4.42 Å². The van der Waals surface area contributed by atoms with Crippen molar-refractivity contribution in [3.8, 4) is 10.8 Å². The van der Waals surface area contributed by atoms with Crippen LogP contribution < -0.4 is 5.56 Å². The van der Waals surface area contributed by atoms with Gasteiger partial charge in [-0.2, -0.15) is 0 Å². The molecule has 4 aromatic rings. The van der Waals surface area contributed by atoms with Crippen molar-refractivity contribution in [3.05, 3.63) is 51.0 Å². The van der Waals surface area contributed by atoms with E-state index in [1.807, 2.05) is 29.0 Å². The fourth-order valence-electron chi connectivity index (χ4n) is 2.75. The minimum Gasteiger partial charge on any atom is -0.419 e. The molecule has 4 aromatic heterocycles. The van der Waals surface area contributed by atoms with E-state index in [2.05, 4.69) is 32.0 Å². The smallest absolute Gasteiger partial charge is 0.268 e. The second kappa shape index (κ2) is 7.48. The minimum absolute atomic E-state index is 0.0887. The van der Waals surface area contributed by atoms with Gasteiger partial charge in [0.05, 0.1) is 23.5 Å². The summed E-state index contributed by atoms with van der Waals surface area (Å²) in [6.07, 6.45) is 0.969. The number of nitrogens with one attached hydrogen (secondary N) is 1. The third-order valence-corrected chi connectivity index (χ3v) is 5.60. The Morgan fingerprint density at radius 1 is 1.19 bits per heavy atom. The van der Waals surface area contributed by atoms with Crippen molar-refractivity contribution in [1.29, 1.82) is 0 Å². The largest absolute Gasteiger partial charge is 0.419 e. The molecule has 0 radical (unpaired) electrons. The molecule has 26 heavy (non-hydrogen) atoms. The molecule has 0 amide bonds. The van der Waals surface area contributed by atoms with Gasteiger partial charge in [-0.05, 0) is 35.9 Å². The number of aromatic amines is 1. The maximum Gasteiger partial charge on any atom is 0.268 e. The van der Waals surface area contributed by atoms with E-state index in [0.29, 0.717) is 35.4 Å². The summed E-state index contributed by atoms with van der Waals surface area (Å²) in [6.45, 7) is 3.97. The number of thiophene rings is 2. The quantitative estimate of drug-likeness (QED) is 0.522. The maximum atomic E-state index is 12.1. The summed E-state index contributed by atoms with van der Waals surface area (Å²) in [5.41, 5.74) is 0.650. The molecule has 1 N–H and O–H groups in total. The molecule has 0 aliphatic carbocycles. The Balaban J connectivity index is 1.52. The zero-order valence-electron chi connectivity index (χ0n) is 14.1. The van der Waals surface area contributed by atoms with Crippen molar-refractivity contribution in [2.75, 3.05) is 6.54 Å². The lowest BCUT2D eigenvalue weighted by Gasteiger charge is -2.18. The Kier molecular flexibility index (Phi) is 4.91. The van der Waals surface area contributed by atoms with Crippen LogP contribution in [0.4, 0.5) is 0 Å². The summed E-state index contributed by atoms with van der Waals surface area (Å²) in [5.74, 6) is 1.74. The first-order valence-corrected chi connectivity index (χ1v) is 10.0. The predicted octanol–water partition coefficient (Wildman–Crippen LogP) is 3.51. The number of rotatable bonds is 7. The highest BCUT2D eigenvalue weighted by Crippen LogP contribution is 2.23. The first kappa shape index (κ1) is 17.1. The summed E-state index contributed by atoms with van der Waals surface area (Å²) in [6, 6.07) is 5.78. The van der Waals surface area contributed by atoms with Crippen molar-refractivity contribution in [1.82, 2.24) is 25.1 Å². The topological polar surface area (TPSA) is 87.9 Å². The van der Waals surface area contributed by atoms with E-state index in [9.17, 15) is 4.79 Å². The summed E-state index contributed by atoms with van der Waals surface area (Å²) in [5, 5.41) is 12.1. The molecule has 0 atom stereocenters. The molecule has 0 aliphatic heterocycles. The Morgan fingerprint density at radius 2 is 2.12 bits per heavy atom. The third kappa shape index (κ3) is 3.59. The number of hydrogen-bond donors (Lipinski definition) is 1. The fraction of sp³-hybridized carbons (Fsp3) is 0.294. The lowest BCUT2D eigenvalue weighted by Crippen LogP contribution is -2.26.